The fourth-order valence-electron chi connectivity index (χ4n) is 1.02. The number of aliphatic hydroxyl groups is 1. The molecule has 0 aliphatic heterocycles. The number of halogens is 1. The fraction of sp³-hybridized carbons (Fsp3) is 0.100. The van der Waals surface area contributed by atoms with Gasteiger partial charge in [-0.2, -0.15) is 0 Å². The molecular weight excluding hydrogens is 185 g/mol. The predicted molar refractivity (Wildman–Crippen MR) is 50.6 cm³/mol. The first kappa shape index (κ1) is 10.4. The number of hydrogen-bond donors (Lipinski definition) is 2. The first-order valence-corrected chi connectivity index (χ1v) is 4.01. The van der Waals surface area contributed by atoms with Crippen LogP contribution in [0.4, 0.5) is 4.39 Å². The van der Waals surface area contributed by atoms with Gasteiger partial charge in [-0.1, -0.05) is 18.2 Å². The van der Waals surface area contributed by atoms with Gasteiger partial charge in [-0.15, -0.1) is 0 Å². The highest BCUT2D eigenvalue weighted by Gasteiger charge is 2.03. The molecule has 0 spiro atoms. The predicted octanol–water partition coefficient (Wildman–Crippen LogP) is 0.817. The number of primary amides is 1. The molecule has 0 unspecified atom stereocenters. The lowest BCUT2D eigenvalue weighted by atomic mass is 10.1. The molecule has 14 heavy (non-hydrogen) atoms. The van der Waals surface area contributed by atoms with E-state index in [1.165, 1.54) is 18.2 Å². The zero-order valence-corrected chi connectivity index (χ0v) is 7.40. The Morgan fingerprint density at radius 1 is 1.57 bits per heavy atom. The number of amides is 1. The van der Waals surface area contributed by atoms with Crippen LogP contribution in [0.1, 0.15) is 11.1 Å². The topological polar surface area (TPSA) is 63.3 Å². The highest BCUT2D eigenvalue weighted by Crippen LogP contribution is 2.14. The number of hydrogen-bond acceptors (Lipinski definition) is 2. The van der Waals surface area contributed by atoms with Crippen molar-refractivity contribution < 1.29 is 14.3 Å². The minimum absolute atomic E-state index is 0.191. The zero-order chi connectivity index (χ0) is 10.6. The lowest BCUT2D eigenvalue weighted by molar-refractivity contribution is -0.113. The third kappa shape index (κ3) is 2.40. The van der Waals surface area contributed by atoms with Gasteiger partial charge in [0.2, 0.25) is 5.91 Å². The molecule has 0 aliphatic rings. The average Bonchev–Trinajstić information content (AvgIpc) is 2.16. The molecule has 1 aromatic rings. The summed E-state index contributed by atoms with van der Waals surface area (Å²) in [6, 6.07) is 4.56. The number of rotatable bonds is 3. The van der Waals surface area contributed by atoms with Crippen LogP contribution >= 0.6 is 0 Å². The van der Waals surface area contributed by atoms with Crippen molar-refractivity contribution in [3.05, 3.63) is 41.2 Å². The van der Waals surface area contributed by atoms with Gasteiger partial charge in [0, 0.05) is 17.2 Å². The average molecular weight is 195 g/mol. The molecule has 0 fully saturated rings. The molecule has 0 atom stereocenters. The van der Waals surface area contributed by atoms with Gasteiger partial charge in [0.25, 0.3) is 0 Å². The number of aliphatic hydroxyl groups excluding tert-OH is 1. The van der Waals surface area contributed by atoms with E-state index >= 15 is 0 Å². The third-order valence-corrected chi connectivity index (χ3v) is 1.71. The summed E-state index contributed by atoms with van der Waals surface area (Å²) in [7, 11) is 0. The first-order valence-electron chi connectivity index (χ1n) is 4.01. The normalized spacial score (nSPS) is 10.7. The van der Waals surface area contributed by atoms with Crippen LogP contribution in [0.3, 0.4) is 0 Å². The molecular formula is C10H10FNO2. The van der Waals surface area contributed by atoms with E-state index in [1.807, 2.05) is 0 Å². The van der Waals surface area contributed by atoms with E-state index in [-0.39, 0.29) is 17.7 Å². The summed E-state index contributed by atoms with van der Waals surface area (Å²) in [6.07, 6.45) is 2.34. The molecule has 0 aromatic heterocycles. The van der Waals surface area contributed by atoms with Crippen LogP contribution < -0.4 is 5.73 Å². The van der Waals surface area contributed by atoms with Crippen molar-refractivity contribution in [2.45, 2.75) is 6.61 Å². The van der Waals surface area contributed by atoms with Crippen LogP contribution in [0.25, 0.3) is 6.08 Å². The molecule has 1 rings (SSSR count). The summed E-state index contributed by atoms with van der Waals surface area (Å²) in [5.41, 5.74) is 5.29. The van der Waals surface area contributed by atoms with E-state index in [9.17, 15) is 9.18 Å². The van der Waals surface area contributed by atoms with Gasteiger partial charge >= 0.3 is 0 Å². The van der Waals surface area contributed by atoms with Crippen molar-refractivity contribution in [1.29, 1.82) is 0 Å². The number of carbonyl (C=O) groups excluding carboxylic acids is 1. The standard InChI is InChI=1S/C10H10FNO2/c11-10-7(4-5-9(12)14)2-1-3-8(10)6-13/h1-5,13H,6H2,(H2,12,14). The molecule has 0 saturated heterocycles. The molecule has 0 bridgehead atoms. The highest BCUT2D eigenvalue weighted by molar-refractivity contribution is 5.90. The maximum Gasteiger partial charge on any atom is 0.241 e. The van der Waals surface area contributed by atoms with Gasteiger partial charge in [0.1, 0.15) is 5.82 Å². The Morgan fingerprint density at radius 3 is 2.86 bits per heavy atom. The van der Waals surface area contributed by atoms with Crippen LogP contribution in [0, 0.1) is 5.82 Å². The van der Waals surface area contributed by atoms with Crippen LogP contribution in [-0.4, -0.2) is 11.0 Å². The van der Waals surface area contributed by atoms with Crippen molar-refractivity contribution in [2.24, 2.45) is 5.73 Å². The van der Waals surface area contributed by atoms with Crippen molar-refractivity contribution in [3.8, 4) is 0 Å². The van der Waals surface area contributed by atoms with Gasteiger partial charge in [-0.05, 0) is 6.08 Å². The monoisotopic (exact) mass is 195 g/mol. The summed E-state index contributed by atoms with van der Waals surface area (Å²) in [5, 5.41) is 8.76. The van der Waals surface area contributed by atoms with Gasteiger partial charge in [-0.25, -0.2) is 4.39 Å². The Balaban J connectivity index is 3.03. The van der Waals surface area contributed by atoms with E-state index in [0.29, 0.717) is 0 Å². The summed E-state index contributed by atoms with van der Waals surface area (Å²) in [5.74, 6) is -1.17. The van der Waals surface area contributed by atoms with Gasteiger partial charge in [0.05, 0.1) is 6.61 Å². The lowest BCUT2D eigenvalue weighted by Gasteiger charge is -2.01. The van der Waals surface area contributed by atoms with E-state index in [0.717, 1.165) is 6.08 Å². The molecule has 0 aliphatic carbocycles. The highest BCUT2D eigenvalue weighted by atomic mass is 19.1. The molecule has 1 amide bonds. The largest absolute Gasteiger partial charge is 0.392 e. The Hall–Kier alpha value is -1.68. The van der Waals surface area contributed by atoms with Crippen LogP contribution in [0.2, 0.25) is 0 Å². The Bertz CT molecular complexity index is 374. The van der Waals surface area contributed by atoms with Crippen LogP contribution in [-0.2, 0) is 11.4 Å². The minimum atomic E-state index is -0.640. The second-order valence-electron chi connectivity index (χ2n) is 2.71. The molecule has 0 heterocycles. The molecule has 0 radical (unpaired) electrons. The van der Waals surface area contributed by atoms with E-state index in [4.69, 9.17) is 10.8 Å². The Morgan fingerprint density at radius 2 is 2.29 bits per heavy atom. The van der Waals surface area contributed by atoms with E-state index < -0.39 is 11.7 Å². The Labute approximate surface area is 80.7 Å². The fourth-order valence-corrected chi connectivity index (χ4v) is 1.02. The van der Waals surface area contributed by atoms with Crippen LogP contribution in [0.5, 0.6) is 0 Å². The summed E-state index contributed by atoms with van der Waals surface area (Å²) in [6.45, 7) is -0.371. The minimum Gasteiger partial charge on any atom is -0.392 e. The molecule has 4 heteroatoms. The second-order valence-corrected chi connectivity index (χ2v) is 2.71. The SMILES string of the molecule is NC(=O)C=Cc1cccc(CO)c1F. The van der Waals surface area contributed by atoms with Crippen molar-refractivity contribution in [3.63, 3.8) is 0 Å². The van der Waals surface area contributed by atoms with Crippen molar-refractivity contribution in [2.75, 3.05) is 0 Å². The summed E-state index contributed by atoms with van der Waals surface area (Å²) in [4.78, 5) is 10.4. The number of nitrogens with two attached hydrogens (primary N) is 1. The molecule has 3 N–H and O–H groups in total. The molecule has 1 aromatic carbocycles. The van der Waals surface area contributed by atoms with E-state index in [1.54, 1.807) is 6.07 Å². The van der Waals surface area contributed by atoms with E-state index in [2.05, 4.69) is 0 Å². The first-order chi connectivity index (χ1) is 6.65. The number of carbonyl (C=O) groups is 1. The maximum absolute atomic E-state index is 13.4. The van der Waals surface area contributed by atoms with Gasteiger partial charge in [-0.3, -0.25) is 4.79 Å². The molecule has 74 valence electrons. The smallest absolute Gasteiger partial charge is 0.241 e. The number of benzene rings is 1. The van der Waals surface area contributed by atoms with Gasteiger partial charge < -0.3 is 10.8 Å². The van der Waals surface area contributed by atoms with Crippen LogP contribution in [0.15, 0.2) is 24.3 Å². The molecule has 0 saturated carbocycles. The second kappa shape index (κ2) is 4.53. The Kier molecular flexibility index (Phi) is 3.36. The van der Waals surface area contributed by atoms with Crippen molar-refractivity contribution >= 4 is 12.0 Å². The molecule has 3 nitrogen and oxygen atoms in total. The zero-order valence-electron chi connectivity index (χ0n) is 7.40. The maximum atomic E-state index is 13.4. The quantitative estimate of drug-likeness (QED) is 0.701. The van der Waals surface area contributed by atoms with Gasteiger partial charge in [0.15, 0.2) is 0 Å². The lowest BCUT2D eigenvalue weighted by Crippen LogP contribution is -2.05. The summed E-state index contributed by atoms with van der Waals surface area (Å²) < 4.78 is 13.4. The van der Waals surface area contributed by atoms with Crippen molar-refractivity contribution in [1.82, 2.24) is 0 Å². The third-order valence-electron chi connectivity index (χ3n) is 1.71. The summed E-state index contributed by atoms with van der Waals surface area (Å²) >= 11 is 0.